The molecule has 4 nitrogen and oxygen atoms in total. The van der Waals surface area contributed by atoms with Gasteiger partial charge in [-0.05, 0) is 37.5 Å². The van der Waals surface area contributed by atoms with Crippen LogP contribution in [-0.4, -0.2) is 41.8 Å². The number of likely N-dealkylation sites (N-methyl/N-ethyl adjacent to an activating group) is 1. The first-order valence-electron chi connectivity index (χ1n) is 6.48. The van der Waals surface area contributed by atoms with Gasteiger partial charge in [0.15, 0.2) is 0 Å². The zero-order valence-corrected chi connectivity index (χ0v) is 11.9. The zero-order valence-electron chi connectivity index (χ0n) is 11.9. The first-order chi connectivity index (χ1) is 8.90. The number of Topliss-reactive ketones (excluding diaryl/α,β-unsaturated/α-hetero) is 1. The van der Waals surface area contributed by atoms with Gasteiger partial charge in [-0.2, -0.15) is 0 Å². The summed E-state index contributed by atoms with van der Waals surface area (Å²) in [5, 5.41) is 0. The average Bonchev–Trinajstić information content (AvgIpc) is 2.60. The molecule has 1 aliphatic heterocycles. The maximum Gasteiger partial charge on any atom is 0.320 e. The number of rotatable bonds is 3. The number of urea groups is 1. The smallest absolute Gasteiger partial charge is 0.319 e. The summed E-state index contributed by atoms with van der Waals surface area (Å²) in [6, 6.07) is 6.23. The highest BCUT2D eigenvalue weighted by molar-refractivity contribution is 5.85. The van der Waals surface area contributed by atoms with E-state index in [-0.39, 0.29) is 24.4 Å². The lowest BCUT2D eigenvalue weighted by Gasteiger charge is -2.19. The molecule has 1 fully saturated rings. The van der Waals surface area contributed by atoms with Crippen molar-refractivity contribution in [3.63, 3.8) is 0 Å². The van der Waals surface area contributed by atoms with Gasteiger partial charge in [0, 0.05) is 13.6 Å². The van der Waals surface area contributed by atoms with Crippen molar-refractivity contribution in [1.29, 1.82) is 0 Å². The third-order valence-electron chi connectivity index (χ3n) is 3.76. The molecule has 0 aromatic heterocycles. The molecule has 1 heterocycles. The summed E-state index contributed by atoms with van der Waals surface area (Å²) in [6.45, 7) is 6.44. The number of hydrogen-bond acceptors (Lipinski definition) is 2. The minimum Gasteiger partial charge on any atom is -0.319 e. The van der Waals surface area contributed by atoms with E-state index in [1.807, 2.05) is 0 Å². The van der Waals surface area contributed by atoms with E-state index in [1.54, 1.807) is 16.8 Å². The second-order valence-electron chi connectivity index (χ2n) is 5.34. The molecule has 0 aliphatic carbocycles. The second kappa shape index (κ2) is 5.03. The van der Waals surface area contributed by atoms with Crippen LogP contribution in [0.4, 0.5) is 4.79 Å². The normalized spacial score (nSPS) is 19.2. The van der Waals surface area contributed by atoms with E-state index < -0.39 is 0 Å². The predicted octanol–water partition coefficient (Wildman–Crippen LogP) is 2.30. The molecule has 0 N–H and O–H groups in total. The monoisotopic (exact) mass is 260 g/mol. The van der Waals surface area contributed by atoms with Crippen LogP contribution in [-0.2, 0) is 4.79 Å². The van der Waals surface area contributed by atoms with Gasteiger partial charge >= 0.3 is 6.03 Å². The topological polar surface area (TPSA) is 40.6 Å². The van der Waals surface area contributed by atoms with Crippen LogP contribution in [0.5, 0.6) is 0 Å². The Bertz CT molecular complexity index is 525. The lowest BCUT2D eigenvalue weighted by molar-refractivity contribution is -0.117. The van der Waals surface area contributed by atoms with E-state index in [2.05, 4.69) is 32.0 Å². The van der Waals surface area contributed by atoms with Crippen molar-refractivity contribution in [3.05, 3.63) is 34.9 Å². The fraction of sp³-hybridized carbons (Fsp3) is 0.467. The zero-order chi connectivity index (χ0) is 14.2. The first kappa shape index (κ1) is 13.6. The molecule has 0 radical (unpaired) electrons. The van der Waals surface area contributed by atoms with Crippen molar-refractivity contribution >= 4 is 11.8 Å². The van der Waals surface area contributed by atoms with Gasteiger partial charge in [0.2, 0.25) is 0 Å². The maximum atomic E-state index is 12.1. The first-order valence-corrected chi connectivity index (χ1v) is 6.48. The minimum atomic E-state index is -0.0709. The van der Waals surface area contributed by atoms with E-state index in [9.17, 15) is 9.59 Å². The molecular formula is C15H20N2O2. The number of carbonyl (C=O) groups is 2. The summed E-state index contributed by atoms with van der Waals surface area (Å²) in [4.78, 5) is 26.6. The van der Waals surface area contributed by atoms with Gasteiger partial charge in [-0.1, -0.05) is 18.2 Å². The van der Waals surface area contributed by atoms with Gasteiger partial charge in [-0.15, -0.1) is 0 Å². The quantitative estimate of drug-likeness (QED) is 0.836. The Morgan fingerprint density at radius 2 is 2.00 bits per heavy atom. The fourth-order valence-corrected chi connectivity index (χ4v) is 2.47. The lowest BCUT2D eigenvalue weighted by Crippen LogP contribution is -2.33. The van der Waals surface area contributed by atoms with Crippen LogP contribution in [0.1, 0.15) is 29.7 Å². The molecule has 1 aliphatic rings. The number of amides is 2. The molecule has 1 unspecified atom stereocenters. The molecule has 19 heavy (non-hydrogen) atoms. The van der Waals surface area contributed by atoms with E-state index in [0.29, 0.717) is 6.54 Å². The van der Waals surface area contributed by atoms with E-state index in [4.69, 9.17) is 0 Å². The fourth-order valence-electron chi connectivity index (χ4n) is 2.47. The summed E-state index contributed by atoms with van der Waals surface area (Å²) < 4.78 is 0. The van der Waals surface area contributed by atoms with E-state index >= 15 is 0 Å². The molecule has 4 heteroatoms. The molecular weight excluding hydrogens is 240 g/mol. The average molecular weight is 260 g/mol. The van der Waals surface area contributed by atoms with Gasteiger partial charge in [-0.25, -0.2) is 4.79 Å². The molecule has 1 aromatic carbocycles. The largest absolute Gasteiger partial charge is 0.320 e. The minimum absolute atomic E-state index is 0.0162. The SMILES string of the molecule is CC(=O)CN1CC(c2ccc(C)c(C)c2)N(C)C1=O. The number of carbonyl (C=O) groups excluding carboxylic acids is 2. The highest BCUT2D eigenvalue weighted by Gasteiger charge is 2.35. The van der Waals surface area contributed by atoms with Gasteiger partial charge in [0.25, 0.3) is 0 Å². The second-order valence-corrected chi connectivity index (χ2v) is 5.34. The van der Waals surface area contributed by atoms with Crippen LogP contribution < -0.4 is 0 Å². The number of hydrogen-bond donors (Lipinski definition) is 0. The van der Waals surface area contributed by atoms with Gasteiger partial charge < -0.3 is 9.80 Å². The van der Waals surface area contributed by atoms with Crippen LogP contribution in [0, 0.1) is 13.8 Å². The Kier molecular flexibility index (Phi) is 3.60. The third kappa shape index (κ3) is 2.62. The molecule has 1 aromatic rings. The number of aryl methyl sites for hydroxylation is 2. The molecule has 2 rings (SSSR count). The van der Waals surface area contributed by atoms with E-state index in [0.717, 1.165) is 5.56 Å². The Hall–Kier alpha value is -1.84. The lowest BCUT2D eigenvalue weighted by atomic mass is 10.0. The number of ketones is 1. The third-order valence-corrected chi connectivity index (χ3v) is 3.76. The number of nitrogens with zero attached hydrogens (tertiary/aromatic N) is 2. The van der Waals surface area contributed by atoms with Gasteiger partial charge in [-0.3, -0.25) is 4.79 Å². The van der Waals surface area contributed by atoms with Crippen molar-refractivity contribution in [2.45, 2.75) is 26.8 Å². The Balaban J connectivity index is 2.23. The van der Waals surface area contributed by atoms with Crippen LogP contribution >= 0.6 is 0 Å². The summed E-state index contributed by atoms with van der Waals surface area (Å²) in [6.07, 6.45) is 0. The molecule has 0 saturated carbocycles. The van der Waals surface area contributed by atoms with Crippen molar-refractivity contribution in [2.75, 3.05) is 20.1 Å². The van der Waals surface area contributed by atoms with Crippen LogP contribution in [0.25, 0.3) is 0 Å². The standard InChI is InChI=1S/C15H20N2O2/c1-10-5-6-13(7-11(10)2)14-9-17(8-12(3)18)15(19)16(14)4/h5-7,14H,8-9H2,1-4H3. The van der Waals surface area contributed by atoms with Crippen LogP contribution in [0.2, 0.25) is 0 Å². The molecule has 1 atom stereocenters. The summed E-state index contributed by atoms with van der Waals surface area (Å²) in [5.41, 5.74) is 3.60. The highest BCUT2D eigenvalue weighted by Crippen LogP contribution is 2.29. The maximum absolute atomic E-state index is 12.1. The van der Waals surface area contributed by atoms with Crippen molar-refractivity contribution in [2.24, 2.45) is 0 Å². The van der Waals surface area contributed by atoms with Crippen LogP contribution in [0.15, 0.2) is 18.2 Å². The molecule has 0 bridgehead atoms. The molecule has 0 spiro atoms. The van der Waals surface area contributed by atoms with Crippen molar-refractivity contribution in [1.82, 2.24) is 9.80 Å². The molecule has 1 saturated heterocycles. The van der Waals surface area contributed by atoms with Crippen molar-refractivity contribution < 1.29 is 9.59 Å². The Labute approximate surface area is 114 Å². The van der Waals surface area contributed by atoms with Gasteiger partial charge in [0.05, 0.1) is 12.6 Å². The summed E-state index contributed by atoms with van der Waals surface area (Å²) >= 11 is 0. The molecule has 102 valence electrons. The number of benzene rings is 1. The van der Waals surface area contributed by atoms with Crippen LogP contribution in [0.3, 0.4) is 0 Å². The Morgan fingerprint density at radius 1 is 1.32 bits per heavy atom. The predicted molar refractivity (Wildman–Crippen MR) is 74.1 cm³/mol. The highest BCUT2D eigenvalue weighted by atomic mass is 16.2. The van der Waals surface area contributed by atoms with Crippen molar-refractivity contribution in [3.8, 4) is 0 Å². The van der Waals surface area contributed by atoms with E-state index in [1.165, 1.54) is 18.1 Å². The van der Waals surface area contributed by atoms with Gasteiger partial charge in [0.1, 0.15) is 5.78 Å². The summed E-state index contributed by atoms with van der Waals surface area (Å²) in [7, 11) is 1.79. The Morgan fingerprint density at radius 3 is 2.58 bits per heavy atom. The molecule has 2 amide bonds. The summed E-state index contributed by atoms with van der Waals surface area (Å²) in [5.74, 6) is 0.0162.